The average Bonchev–Trinajstić information content (AvgIpc) is 3.65. The van der Waals surface area contributed by atoms with Crippen LogP contribution in [0.2, 0.25) is 18.1 Å². The summed E-state index contributed by atoms with van der Waals surface area (Å²) in [4.78, 5) is 32.2. The number of nitrogens with zero attached hydrogens (tertiary/aromatic N) is 4. The molecule has 0 saturated carbocycles. The van der Waals surface area contributed by atoms with Crippen LogP contribution in [-0.2, 0) is 28.5 Å². The van der Waals surface area contributed by atoms with Gasteiger partial charge in [0.05, 0.1) is 43.5 Å². The Morgan fingerprint density at radius 2 is 1.41 bits per heavy atom. The lowest BCUT2D eigenvalue weighted by Crippen LogP contribution is -2.50. The Kier molecular flexibility index (Phi) is 18.4. The van der Waals surface area contributed by atoms with Crippen molar-refractivity contribution in [3.63, 3.8) is 0 Å². The van der Waals surface area contributed by atoms with E-state index in [1.54, 1.807) is 44.7 Å². The maximum atomic E-state index is 14.5. The normalized spacial score (nSPS) is 18.1. The SMILES string of the molecule is COc1ccc(C(OC[C@H]2O[C@@H](n3cc(I)c(NC(=O)c4ccccc4)nc3=O)[C@H](O[Si](C)(C)C(C)(C)C)[C@@H]2OP(OCCC#N)N(C(C)C)C(C)C)(c2ccccc2)c2ccc(OC)cc2)cc1. The van der Waals surface area contributed by atoms with Crippen molar-refractivity contribution in [2.75, 3.05) is 32.8 Å². The zero-order valence-corrected chi connectivity index (χ0v) is 45.4. The monoisotopic (exact) mass is 1090 g/mol. The molecule has 1 aliphatic rings. The molecule has 1 amide bonds. The van der Waals surface area contributed by atoms with E-state index in [2.05, 4.69) is 105 Å². The highest BCUT2D eigenvalue weighted by molar-refractivity contribution is 14.1. The number of benzene rings is 4. The van der Waals surface area contributed by atoms with Gasteiger partial charge in [-0.15, -0.1) is 0 Å². The fourth-order valence-corrected chi connectivity index (χ4v) is 11.6. The van der Waals surface area contributed by atoms with Crippen LogP contribution in [0.25, 0.3) is 0 Å². The summed E-state index contributed by atoms with van der Waals surface area (Å²) in [6, 6.07) is 36.4. The number of hydrogen-bond donors (Lipinski definition) is 1. The third-order valence-electron chi connectivity index (χ3n) is 12.5. The van der Waals surface area contributed by atoms with E-state index in [4.69, 9.17) is 32.4 Å². The molecular formula is C52H65IN5O9PSi. The highest BCUT2D eigenvalue weighted by Gasteiger charge is 2.54. The highest BCUT2D eigenvalue weighted by Crippen LogP contribution is 2.52. The second-order valence-electron chi connectivity index (χ2n) is 18.8. The van der Waals surface area contributed by atoms with Crippen LogP contribution in [0.15, 0.2) is 120 Å². The molecule has 1 aliphatic heterocycles. The predicted molar refractivity (Wildman–Crippen MR) is 280 cm³/mol. The molecule has 368 valence electrons. The Labute approximate surface area is 422 Å². The number of hydrogen-bond acceptors (Lipinski definition) is 12. The molecule has 1 N–H and O–H groups in total. The highest BCUT2D eigenvalue weighted by atomic mass is 127. The quantitative estimate of drug-likeness (QED) is 0.0244. The van der Waals surface area contributed by atoms with Crippen LogP contribution < -0.4 is 20.5 Å². The Morgan fingerprint density at radius 3 is 1.91 bits per heavy atom. The number of ether oxygens (including phenoxy) is 4. The van der Waals surface area contributed by atoms with Crippen LogP contribution in [0.5, 0.6) is 11.5 Å². The van der Waals surface area contributed by atoms with Gasteiger partial charge < -0.3 is 37.7 Å². The van der Waals surface area contributed by atoms with Crippen molar-refractivity contribution < 1.29 is 37.2 Å². The Bertz CT molecular complexity index is 2500. The lowest BCUT2D eigenvalue weighted by Gasteiger charge is -2.42. The number of amides is 1. The molecule has 1 unspecified atom stereocenters. The average molecular weight is 1090 g/mol. The molecule has 17 heteroatoms. The zero-order chi connectivity index (χ0) is 50.1. The molecule has 0 aliphatic carbocycles. The van der Waals surface area contributed by atoms with Crippen molar-refractivity contribution in [1.29, 1.82) is 5.26 Å². The number of nitrogens with one attached hydrogen (secondary N) is 1. The van der Waals surface area contributed by atoms with Crippen LogP contribution in [0.4, 0.5) is 5.82 Å². The maximum absolute atomic E-state index is 14.5. The summed E-state index contributed by atoms with van der Waals surface area (Å²) in [6.45, 7) is 19.1. The summed E-state index contributed by atoms with van der Waals surface area (Å²) in [7, 11) is -1.32. The standard InChI is InChI=1S/C52H65IN5O9PSi/c1-35(2)58(36(3)4)68(64-32-18-31-54)66-45-44(34-63-52(38-21-16-13-17-22-38,39-23-27-41(61-8)28-24-39)40-25-29-42(62-9)30-26-40)65-49(46(45)67-69(10,11)51(5,6)7)57-33-43(53)47(56-50(57)60)55-48(59)37-19-14-12-15-20-37/h12-17,19-30,33,35-36,44-46,49H,18,32,34H2,1-11H3,(H,55,56,59,60)/t44-,45-,46-,49-,68?/m1/s1. The molecule has 4 aromatic carbocycles. The van der Waals surface area contributed by atoms with Crippen LogP contribution in [0.1, 0.15) is 88.2 Å². The largest absolute Gasteiger partial charge is 0.497 e. The van der Waals surface area contributed by atoms with Gasteiger partial charge >= 0.3 is 5.69 Å². The first-order chi connectivity index (χ1) is 32.8. The number of carbonyl (C=O) groups is 1. The van der Waals surface area contributed by atoms with E-state index < -0.39 is 58.6 Å². The van der Waals surface area contributed by atoms with Gasteiger partial charge in [0.1, 0.15) is 35.4 Å². The number of nitriles is 1. The maximum Gasteiger partial charge on any atom is 0.351 e. The van der Waals surface area contributed by atoms with E-state index in [0.717, 1.165) is 16.7 Å². The van der Waals surface area contributed by atoms with Crippen LogP contribution in [0, 0.1) is 14.9 Å². The predicted octanol–water partition coefficient (Wildman–Crippen LogP) is 11.1. The van der Waals surface area contributed by atoms with Gasteiger partial charge in [-0.2, -0.15) is 10.2 Å². The lowest BCUT2D eigenvalue weighted by molar-refractivity contribution is -0.0943. The second kappa shape index (κ2) is 23.6. The summed E-state index contributed by atoms with van der Waals surface area (Å²) in [5.74, 6) is 1.07. The number of carbonyl (C=O) groups excluding carboxylic acids is 1. The van der Waals surface area contributed by atoms with Crippen molar-refractivity contribution in [3.05, 3.63) is 152 Å². The second-order valence-corrected chi connectivity index (χ2v) is 26.1. The molecule has 2 heterocycles. The minimum atomic E-state index is -2.72. The molecule has 6 rings (SSSR count). The first-order valence-electron chi connectivity index (χ1n) is 23.1. The third kappa shape index (κ3) is 12.5. The smallest absolute Gasteiger partial charge is 0.351 e. The van der Waals surface area contributed by atoms with Crippen LogP contribution >= 0.6 is 31.1 Å². The van der Waals surface area contributed by atoms with E-state index in [9.17, 15) is 14.9 Å². The fourth-order valence-electron chi connectivity index (χ4n) is 8.00. The minimum absolute atomic E-state index is 0.0197. The number of methoxy groups -OCH3 is 2. The summed E-state index contributed by atoms with van der Waals surface area (Å²) in [5.41, 5.74) is 1.00. The molecule has 0 spiro atoms. The van der Waals surface area contributed by atoms with Crippen molar-refractivity contribution in [1.82, 2.24) is 14.2 Å². The number of rotatable bonds is 21. The van der Waals surface area contributed by atoms with Crippen molar-refractivity contribution in [3.8, 4) is 17.6 Å². The summed E-state index contributed by atoms with van der Waals surface area (Å²) in [5, 5.41) is 12.2. The zero-order valence-electron chi connectivity index (χ0n) is 41.3. The lowest BCUT2D eigenvalue weighted by atomic mass is 9.80. The fraction of sp³-hybridized carbons (Fsp3) is 0.423. The van der Waals surface area contributed by atoms with E-state index in [1.165, 1.54) is 4.57 Å². The molecule has 1 saturated heterocycles. The molecule has 5 aromatic rings. The summed E-state index contributed by atoms with van der Waals surface area (Å²) >= 11 is 2.07. The van der Waals surface area contributed by atoms with Gasteiger partial charge in [0.2, 0.25) is 0 Å². The van der Waals surface area contributed by atoms with Crippen molar-refractivity contribution in [2.45, 2.75) is 115 Å². The van der Waals surface area contributed by atoms with Gasteiger partial charge in [-0.05, 0) is 122 Å². The molecular weight excluding hydrogens is 1020 g/mol. The van der Waals surface area contributed by atoms with Crippen molar-refractivity contribution >= 4 is 51.2 Å². The molecule has 0 radical (unpaired) electrons. The molecule has 69 heavy (non-hydrogen) atoms. The Morgan fingerprint density at radius 1 is 0.870 bits per heavy atom. The number of anilines is 1. The van der Waals surface area contributed by atoms with E-state index in [0.29, 0.717) is 20.6 Å². The van der Waals surface area contributed by atoms with Gasteiger partial charge in [-0.3, -0.25) is 9.36 Å². The third-order valence-corrected chi connectivity index (χ3v) is 19.9. The summed E-state index contributed by atoms with van der Waals surface area (Å²) < 4.78 is 51.3. The molecule has 1 fully saturated rings. The molecule has 5 atom stereocenters. The molecule has 14 nitrogen and oxygen atoms in total. The van der Waals surface area contributed by atoms with Crippen LogP contribution in [-0.4, -0.2) is 86.3 Å². The van der Waals surface area contributed by atoms with E-state index in [1.807, 2.05) is 84.9 Å². The van der Waals surface area contributed by atoms with Gasteiger partial charge in [0.25, 0.3) is 14.4 Å². The number of aromatic nitrogens is 2. The molecule has 0 bridgehead atoms. The Hall–Kier alpha value is -4.54. The topological polar surface area (TPSA) is 156 Å². The van der Waals surface area contributed by atoms with E-state index in [-0.39, 0.29) is 42.6 Å². The minimum Gasteiger partial charge on any atom is -0.497 e. The first-order valence-corrected chi connectivity index (χ1v) is 28.2. The van der Waals surface area contributed by atoms with Gasteiger partial charge in [0, 0.05) is 23.8 Å². The van der Waals surface area contributed by atoms with Gasteiger partial charge in [0.15, 0.2) is 20.4 Å². The van der Waals surface area contributed by atoms with E-state index >= 15 is 0 Å². The van der Waals surface area contributed by atoms with Gasteiger partial charge in [-0.1, -0.05) is 93.6 Å². The summed E-state index contributed by atoms with van der Waals surface area (Å²) in [6.07, 6.45) is -1.99. The van der Waals surface area contributed by atoms with Gasteiger partial charge in [-0.25, -0.2) is 9.46 Å². The molecule has 1 aromatic heterocycles. The van der Waals surface area contributed by atoms with Crippen molar-refractivity contribution in [2.24, 2.45) is 0 Å². The first kappa shape index (κ1) is 53.8. The Balaban J connectivity index is 1.55. The number of halogens is 1. The van der Waals surface area contributed by atoms with Crippen LogP contribution in [0.3, 0.4) is 0 Å².